The van der Waals surface area contributed by atoms with Crippen LogP contribution in [-0.2, 0) is 64.6 Å². The molecule has 2 aromatic carbocycles. The molecule has 1 N–H and O–H groups in total. The molecule has 3 unspecified atom stereocenters. The number of fused-ring (bicyclic) bond motifs is 2. The first-order valence-corrected chi connectivity index (χ1v) is 21.6. The van der Waals surface area contributed by atoms with Crippen LogP contribution in [0, 0.1) is 23.5 Å². The lowest BCUT2D eigenvalue weighted by atomic mass is 9.93. The Kier molecular flexibility index (Phi) is 12.7. The molecule has 0 aliphatic heterocycles. The molecule has 0 bridgehead atoms. The van der Waals surface area contributed by atoms with Gasteiger partial charge in [0.1, 0.15) is 51.8 Å². The average molecular weight is 938 g/mol. The maximum absolute atomic E-state index is 15.0. The summed E-state index contributed by atoms with van der Waals surface area (Å²) < 4.78 is 169. The summed E-state index contributed by atoms with van der Waals surface area (Å²) in [7, 11) is -2.03. The number of rotatable bonds is 11. The standard InChI is InChI=1S/C39H34ClF10N7O3S2/c1-36(2,61(4)59)12-10-23-6-7-24(25-8-9-27(40)30-32(25)57(19-38(45,46)47)54-35(30)55(3)62(5)60)31(51-23)28(16-20-14-21(41)17-22(42)15-20)52-29(58)18-56-34-26(11-13-37(34,43)44)33(53-56)39(48,49)50/h6-9,14-15,17,28H,11,13,16,18-19H2,1-5H3,(H,52,58). The van der Waals surface area contributed by atoms with Crippen molar-refractivity contribution in [2.75, 3.05) is 23.9 Å². The number of hydrogen-bond donors (Lipinski definition) is 1. The van der Waals surface area contributed by atoms with Crippen molar-refractivity contribution in [1.29, 1.82) is 0 Å². The Morgan fingerprint density at radius 2 is 1.63 bits per heavy atom. The molecule has 0 fully saturated rings. The van der Waals surface area contributed by atoms with E-state index in [-0.39, 0.29) is 54.5 Å². The zero-order chi connectivity index (χ0) is 45.9. The maximum atomic E-state index is 15.0. The zero-order valence-corrected chi connectivity index (χ0v) is 35.4. The van der Waals surface area contributed by atoms with Crippen molar-refractivity contribution in [2.45, 2.75) is 75.3 Å². The van der Waals surface area contributed by atoms with Crippen LogP contribution in [0.3, 0.4) is 0 Å². The first-order chi connectivity index (χ1) is 28.7. The molecule has 3 heterocycles. The van der Waals surface area contributed by atoms with E-state index in [1.165, 1.54) is 43.8 Å². The van der Waals surface area contributed by atoms with Crippen molar-refractivity contribution in [1.82, 2.24) is 29.9 Å². The number of aromatic nitrogens is 5. The third-order valence-corrected chi connectivity index (χ3v) is 12.7. The molecule has 1 amide bonds. The summed E-state index contributed by atoms with van der Waals surface area (Å²) in [6.07, 6.45) is -9.59. The van der Waals surface area contributed by atoms with Crippen LogP contribution in [0.5, 0.6) is 0 Å². The van der Waals surface area contributed by atoms with Gasteiger partial charge in [0.2, 0.25) is 5.91 Å². The van der Waals surface area contributed by atoms with Crippen molar-refractivity contribution >= 4 is 56.0 Å². The fraction of sp³-hybridized carbons (Fsp3) is 0.385. The predicted octanol–water partition coefficient (Wildman–Crippen LogP) is 8.18. The molecule has 5 aromatic rings. The summed E-state index contributed by atoms with van der Waals surface area (Å²) >= 11 is 6.59. The van der Waals surface area contributed by atoms with E-state index in [1.807, 2.05) is 0 Å². The SMILES string of the molecule is CN(c1nn(CC(F)(F)F)c2c(-c3ccc(C#CC(C)(C)S(C)=O)nc3C(Cc3cc(F)cc(F)c3)NC(=O)Cn3nc(C(F)(F)F)c4c3C(F)(F)CC4)ccc(Cl)c12)S(C)=O. The number of benzene rings is 2. The summed E-state index contributed by atoms with van der Waals surface area (Å²) in [5.41, 5.74) is -4.32. The minimum atomic E-state index is -5.15. The van der Waals surface area contributed by atoms with Gasteiger partial charge in [0.05, 0.1) is 27.7 Å². The molecule has 3 aromatic heterocycles. The van der Waals surface area contributed by atoms with E-state index >= 15 is 8.78 Å². The Balaban J connectivity index is 1.61. The Hall–Kier alpha value is -5.01. The molecule has 1 aliphatic rings. The lowest BCUT2D eigenvalue weighted by Crippen LogP contribution is -2.35. The number of halogens is 11. The third-order valence-electron chi connectivity index (χ3n) is 9.94. The first kappa shape index (κ1) is 46.5. The molecule has 0 saturated carbocycles. The summed E-state index contributed by atoms with van der Waals surface area (Å²) in [6, 6.07) is 6.05. The van der Waals surface area contributed by atoms with Crippen LogP contribution in [-0.4, -0.2) is 69.4 Å². The molecule has 0 saturated heterocycles. The van der Waals surface area contributed by atoms with Gasteiger partial charge in [-0.25, -0.2) is 18.0 Å². The highest BCUT2D eigenvalue weighted by Gasteiger charge is 2.50. The Morgan fingerprint density at radius 1 is 0.984 bits per heavy atom. The van der Waals surface area contributed by atoms with E-state index < -0.39 is 118 Å². The molecule has 332 valence electrons. The van der Waals surface area contributed by atoms with Gasteiger partial charge in [-0.05, 0) is 68.5 Å². The Morgan fingerprint density at radius 3 is 2.23 bits per heavy atom. The van der Waals surface area contributed by atoms with Crippen molar-refractivity contribution < 1.29 is 57.1 Å². The summed E-state index contributed by atoms with van der Waals surface area (Å²) in [4.78, 5) is 18.6. The summed E-state index contributed by atoms with van der Waals surface area (Å²) in [6.45, 7) is 0.243. The van der Waals surface area contributed by atoms with Crippen LogP contribution in [0.1, 0.15) is 60.2 Å². The van der Waals surface area contributed by atoms with Gasteiger partial charge in [-0.3, -0.25) is 22.7 Å². The van der Waals surface area contributed by atoms with Gasteiger partial charge in [0, 0.05) is 59.5 Å². The van der Waals surface area contributed by atoms with E-state index in [0.717, 1.165) is 16.4 Å². The van der Waals surface area contributed by atoms with Crippen molar-refractivity contribution in [3.05, 3.63) is 93.0 Å². The van der Waals surface area contributed by atoms with Gasteiger partial charge in [0.25, 0.3) is 5.92 Å². The molecular weight excluding hydrogens is 904 g/mol. The second-order valence-electron chi connectivity index (χ2n) is 14.8. The van der Waals surface area contributed by atoms with E-state index in [2.05, 4.69) is 32.3 Å². The molecule has 6 rings (SSSR count). The van der Waals surface area contributed by atoms with Gasteiger partial charge in [-0.15, -0.1) is 0 Å². The molecule has 1 aliphatic carbocycles. The van der Waals surface area contributed by atoms with Crippen LogP contribution in [0.4, 0.5) is 49.7 Å². The fourth-order valence-electron chi connectivity index (χ4n) is 6.87. The van der Waals surface area contributed by atoms with Gasteiger partial charge >= 0.3 is 12.4 Å². The monoisotopic (exact) mass is 937 g/mol. The van der Waals surface area contributed by atoms with Gasteiger partial charge < -0.3 is 5.32 Å². The van der Waals surface area contributed by atoms with Crippen LogP contribution >= 0.6 is 11.6 Å². The molecule has 0 spiro atoms. The summed E-state index contributed by atoms with van der Waals surface area (Å²) in [5.74, 6) is -1.75. The highest BCUT2D eigenvalue weighted by molar-refractivity contribution is 7.86. The number of nitrogens with one attached hydrogen (secondary N) is 1. The molecular formula is C39H34ClF10N7O3S2. The van der Waals surface area contributed by atoms with Crippen LogP contribution in [0.25, 0.3) is 22.0 Å². The molecule has 0 radical (unpaired) electrons. The van der Waals surface area contributed by atoms with E-state index in [9.17, 15) is 48.3 Å². The topological polar surface area (TPSA) is 115 Å². The van der Waals surface area contributed by atoms with Gasteiger partial charge in [0.15, 0.2) is 11.5 Å². The normalized spacial score (nSPS) is 15.5. The van der Waals surface area contributed by atoms with Gasteiger partial charge in [-0.2, -0.15) is 45.3 Å². The molecule has 10 nitrogen and oxygen atoms in total. The lowest BCUT2D eigenvalue weighted by molar-refractivity contribution is -0.142. The second-order valence-corrected chi connectivity index (χ2v) is 18.5. The first-order valence-electron chi connectivity index (χ1n) is 18.2. The minimum Gasteiger partial charge on any atom is -0.346 e. The number of carbonyl (C=O) groups is 1. The van der Waals surface area contributed by atoms with Crippen molar-refractivity contribution in [2.24, 2.45) is 0 Å². The average Bonchev–Trinajstić information content (AvgIpc) is 3.81. The molecule has 62 heavy (non-hydrogen) atoms. The Labute approximate surface area is 357 Å². The van der Waals surface area contributed by atoms with E-state index in [1.54, 1.807) is 13.8 Å². The minimum absolute atomic E-state index is 0.0567. The zero-order valence-electron chi connectivity index (χ0n) is 33.0. The van der Waals surface area contributed by atoms with Crippen LogP contribution in [0.2, 0.25) is 5.02 Å². The summed E-state index contributed by atoms with van der Waals surface area (Å²) in [5, 5.41) is 9.76. The number of alkyl halides is 8. The largest absolute Gasteiger partial charge is 0.435 e. The smallest absolute Gasteiger partial charge is 0.346 e. The number of amides is 1. The molecule has 23 heteroatoms. The maximum Gasteiger partial charge on any atom is 0.435 e. The quantitative estimate of drug-likeness (QED) is 0.106. The van der Waals surface area contributed by atoms with Crippen molar-refractivity contribution in [3.8, 4) is 23.0 Å². The van der Waals surface area contributed by atoms with Gasteiger partial charge in [-0.1, -0.05) is 23.6 Å². The highest BCUT2D eigenvalue weighted by Crippen LogP contribution is 2.47. The fourth-order valence-corrected chi connectivity index (χ4v) is 7.68. The second kappa shape index (κ2) is 16.9. The Bertz CT molecular complexity index is 2680. The van der Waals surface area contributed by atoms with Crippen LogP contribution < -0.4 is 9.62 Å². The number of hydrogen-bond acceptors (Lipinski definition) is 6. The predicted molar refractivity (Wildman–Crippen MR) is 212 cm³/mol. The highest BCUT2D eigenvalue weighted by atomic mass is 35.5. The third kappa shape index (κ3) is 9.78. The van der Waals surface area contributed by atoms with E-state index in [0.29, 0.717) is 10.7 Å². The van der Waals surface area contributed by atoms with Crippen molar-refractivity contribution in [3.63, 3.8) is 0 Å². The lowest BCUT2D eigenvalue weighted by Gasteiger charge is -2.23. The number of pyridine rings is 1. The number of nitrogens with zero attached hydrogens (tertiary/aromatic N) is 6. The number of carbonyl (C=O) groups excluding carboxylic acids is 1. The molecule has 3 atom stereocenters. The van der Waals surface area contributed by atoms with E-state index in [4.69, 9.17) is 11.6 Å². The number of anilines is 1. The van der Waals surface area contributed by atoms with Crippen LogP contribution in [0.15, 0.2) is 42.5 Å².